The molecule has 0 saturated heterocycles. The fourth-order valence-corrected chi connectivity index (χ4v) is 4.66. The van der Waals surface area contributed by atoms with Crippen LogP contribution in [0.3, 0.4) is 0 Å². The first kappa shape index (κ1) is 12.5. The van der Waals surface area contributed by atoms with Gasteiger partial charge in [0.2, 0.25) is 0 Å². The van der Waals surface area contributed by atoms with Crippen molar-refractivity contribution in [3.63, 3.8) is 0 Å². The summed E-state index contributed by atoms with van der Waals surface area (Å²) in [4.78, 5) is 12.5. The molecule has 102 valence electrons. The maximum Gasteiger partial charge on any atom is 0.327 e. The zero-order valence-electron chi connectivity index (χ0n) is 11.7. The van der Waals surface area contributed by atoms with Crippen molar-refractivity contribution in [1.29, 1.82) is 0 Å². The molecule has 0 aromatic carbocycles. The van der Waals surface area contributed by atoms with E-state index >= 15 is 0 Å². The highest BCUT2D eigenvalue weighted by atomic mass is 16.6. The summed E-state index contributed by atoms with van der Waals surface area (Å²) >= 11 is 0. The Morgan fingerprint density at radius 1 is 1.06 bits per heavy atom. The highest BCUT2D eigenvalue weighted by Crippen LogP contribution is 2.57. The minimum atomic E-state index is -0.694. The average Bonchev–Trinajstić information content (AvgIpc) is 2.22. The third-order valence-corrected chi connectivity index (χ3v) is 5.24. The molecule has 4 fully saturated rings. The van der Waals surface area contributed by atoms with Crippen LogP contribution >= 0.6 is 0 Å². The van der Waals surface area contributed by atoms with Crippen molar-refractivity contribution in [1.82, 2.24) is 0 Å². The predicted octanol–water partition coefficient (Wildman–Crippen LogP) is 2.48. The summed E-state index contributed by atoms with van der Waals surface area (Å²) in [6.45, 7) is 5.76. The first-order chi connectivity index (χ1) is 8.29. The van der Waals surface area contributed by atoms with Gasteiger partial charge in [0.15, 0.2) is 0 Å². The van der Waals surface area contributed by atoms with E-state index < -0.39 is 11.1 Å². The van der Waals surface area contributed by atoms with E-state index in [-0.39, 0.29) is 5.97 Å². The number of carbonyl (C=O) groups is 1. The SMILES string of the molecule is CC(C)(C)OC(=O)C1(N)C2CC3CC(C2)CC1C3. The van der Waals surface area contributed by atoms with Gasteiger partial charge in [0.05, 0.1) is 0 Å². The first-order valence-corrected chi connectivity index (χ1v) is 7.31. The Bertz CT molecular complexity index is 341. The van der Waals surface area contributed by atoms with E-state index in [0.717, 1.165) is 37.5 Å². The lowest BCUT2D eigenvalue weighted by Crippen LogP contribution is -2.68. The smallest absolute Gasteiger partial charge is 0.327 e. The molecular weight excluding hydrogens is 226 g/mol. The molecule has 4 bridgehead atoms. The van der Waals surface area contributed by atoms with Gasteiger partial charge < -0.3 is 10.5 Å². The zero-order chi connectivity index (χ0) is 13.1. The van der Waals surface area contributed by atoms with Crippen molar-refractivity contribution in [2.75, 3.05) is 0 Å². The number of hydrogen-bond acceptors (Lipinski definition) is 3. The summed E-state index contributed by atoms with van der Waals surface area (Å²) in [5.74, 6) is 2.23. The van der Waals surface area contributed by atoms with Gasteiger partial charge >= 0.3 is 5.97 Å². The van der Waals surface area contributed by atoms with Crippen LogP contribution in [0.1, 0.15) is 52.9 Å². The molecule has 0 heterocycles. The van der Waals surface area contributed by atoms with Gasteiger partial charge in [-0.2, -0.15) is 0 Å². The number of nitrogens with two attached hydrogens (primary N) is 1. The van der Waals surface area contributed by atoms with Crippen LogP contribution in [0.5, 0.6) is 0 Å². The van der Waals surface area contributed by atoms with Gasteiger partial charge in [-0.05, 0) is 76.5 Å². The molecule has 0 aliphatic heterocycles. The minimum Gasteiger partial charge on any atom is -0.459 e. The summed E-state index contributed by atoms with van der Waals surface area (Å²) in [5.41, 5.74) is 5.44. The van der Waals surface area contributed by atoms with Gasteiger partial charge in [0.1, 0.15) is 11.1 Å². The second kappa shape index (κ2) is 3.72. The lowest BCUT2D eigenvalue weighted by molar-refractivity contribution is -0.177. The van der Waals surface area contributed by atoms with Crippen LogP contribution < -0.4 is 5.73 Å². The van der Waals surface area contributed by atoms with Gasteiger partial charge in [-0.3, -0.25) is 4.79 Å². The molecule has 0 spiro atoms. The lowest BCUT2D eigenvalue weighted by Gasteiger charge is -2.58. The van der Waals surface area contributed by atoms with E-state index in [1.54, 1.807) is 0 Å². The summed E-state index contributed by atoms with van der Waals surface area (Å²) < 4.78 is 5.60. The molecule has 3 heteroatoms. The Hall–Kier alpha value is -0.570. The molecular formula is C15H25NO2. The average molecular weight is 251 g/mol. The summed E-state index contributed by atoms with van der Waals surface area (Å²) in [6, 6.07) is 0. The monoisotopic (exact) mass is 251 g/mol. The fraction of sp³-hybridized carbons (Fsp3) is 0.933. The van der Waals surface area contributed by atoms with Crippen LogP contribution in [0, 0.1) is 23.7 Å². The van der Waals surface area contributed by atoms with Gasteiger partial charge in [-0.15, -0.1) is 0 Å². The van der Waals surface area contributed by atoms with Crippen molar-refractivity contribution in [3.05, 3.63) is 0 Å². The van der Waals surface area contributed by atoms with Gasteiger partial charge in [-0.1, -0.05) is 0 Å². The lowest BCUT2D eigenvalue weighted by atomic mass is 9.49. The van der Waals surface area contributed by atoms with Crippen molar-refractivity contribution >= 4 is 5.97 Å². The van der Waals surface area contributed by atoms with Gasteiger partial charge in [0, 0.05) is 0 Å². The quantitative estimate of drug-likeness (QED) is 0.728. The van der Waals surface area contributed by atoms with Crippen LogP contribution in [-0.4, -0.2) is 17.1 Å². The molecule has 18 heavy (non-hydrogen) atoms. The van der Waals surface area contributed by atoms with E-state index in [1.165, 1.54) is 6.42 Å². The van der Waals surface area contributed by atoms with E-state index in [4.69, 9.17) is 10.5 Å². The Kier molecular flexibility index (Phi) is 2.58. The second-order valence-corrected chi connectivity index (χ2v) is 7.74. The van der Waals surface area contributed by atoms with Crippen LogP contribution in [0.2, 0.25) is 0 Å². The molecule has 4 saturated carbocycles. The molecule has 4 aliphatic carbocycles. The van der Waals surface area contributed by atoms with Crippen LogP contribution in [-0.2, 0) is 9.53 Å². The zero-order valence-corrected chi connectivity index (χ0v) is 11.7. The largest absolute Gasteiger partial charge is 0.459 e. The van der Waals surface area contributed by atoms with Gasteiger partial charge in [0.25, 0.3) is 0 Å². The Morgan fingerprint density at radius 3 is 1.89 bits per heavy atom. The molecule has 0 aromatic heterocycles. The number of carbonyl (C=O) groups excluding carboxylic acids is 1. The third kappa shape index (κ3) is 1.78. The molecule has 0 aromatic rings. The maximum absolute atomic E-state index is 12.5. The standard InChI is InChI=1S/C15H25NO2/c1-14(2,3)18-13(17)15(16)11-5-9-4-10(7-11)8-12(15)6-9/h9-12H,4-8,16H2,1-3H3. The van der Waals surface area contributed by atoms with Crippen molar-refractivity contribution in [3.8, 4) is 0 Å². The van der Waals surface area contributed by atoms with E-state index in [9.17, 15) is 4.79 Å². The number of rotatable bonds is 1. The highest BCUT2D eigenvalue weighted by molar-refractivity contribution is 5.82. The van der Waals surface area contributed by atoms with E-state index in [1.807, 2.05) is 20.8 Å². The topological polar surface area (TPSA) is 52.3 Å². The van der Waals surface area contributed by atoms with Crippen molar-refractivity contribution < 1.29 is 9.53 Å². The minimum absolute atomic E-state index is 0.149. The molecule has 0 unspecified atom stereocenters. The Labute approximate surface area is 109 Å². The molecule has 4 rings (SSSR count). The van der Waals surface area contributed by atoms with Crippen LogP contribution in [0.25, 0.3) is 0 Å². The number of ether oxygens (including phenoxy) is 1. The molecule has 4 aliphatic rings. The fourth-order valence-electron chi connectivity index (χ4n) is 4.66. The summed E-state index contributed by atoms with van der Waals surface area (Å²) in [7, 11) is 0. The Balaban J connectivity index is 1.84. The molecule has 0 radical (unpaired) electrons. The summed E-state index contributed by atoms with van der Waals surface area (Å²) in [6.07, 6.45) is 5.94. The molecule has 2 N–H and O–H groups in total. The van der Waals surface area contributed by atoms with Crippen molar-refractivity contribution in [2.45, 2.75) is 64.0 Å². The van der Waals surface area contributed by atoms with Crippen molar-refractivity contribution in [2.24, 2.45) is 29.4 Å². The molecule has 3 nitrogen and oxygen atoms in total. The van der Waals surface area contributed by atoms with Gasteiger partial charge in [-0.25, -0.2) is 0 Å². The van der Waals surface area contributed by atoms with E-state index in [2.05, 4.69) is 0 Å². The maximum atomic E-state index is 12.5. The first-order valence-electron chi connectivity index (χ1n) is 7.31. The van der Waals surface area contributed by atoms with Crippen LogP contribution in [0.15, 0.2) is 0 Å². The normalized spacial score (nSPS) is 46.2. The number of esters is 1. The predicted molar refractivity (Wildman–Crippen MR) is 69.8 cm³/mol. The third-order valence-electron chi connectivity index (χ3n) is 5.24. The summed E-state index contributed by atoms with van der Waals surface area (Å²) in [5, 5.41) is 0. The number of hydrogen-bond donors (Lipinski definition) is 1. The van der Waals surface area contributed by atoms with E-state index in [0.29, 0.717) is 11.8 Å². The molecule has 0 amide bonds. The Morgan fingerprint density at radius 2 is 1.50 bits per heavy atom. The second-order valence-electron chi connectivity index (χ2n) is 7.74. The highest BCUT2D eigenvalue weighted by Gasteiger charge is 2.60. The molecule has 0 atom stereocenters. The van der Waals surface area contributed by atoms with Crippen LogP contribution in [0.4, 0.5) is 0 Å².